The minimum absolute atomic E-state index is 0.782. The highest BCUT2D eigenvalue weighted by atomic mass is 32.1. The average molecular weight is 266 g/mol. The van der Waals surface area contributed by atoms with Crippen molar-refractivity contribution in [2.24, 2.45) is 0 Å². The van der Waals surface area contributed by atoms with Crippen molar-refractivity contribution in [2.45, 2.75) is 6.92 Å². The summed E-state index contributed by atoms with van der Waals surface area (Å²) in [4.78, 5) is 0. The Labute approximate surface area is 117 Å². The van der Waals surface area contributed by atoms with Crippen molar-refractivity contribution < 1.29 is 0 Å². The van der Waals surface area contributed by atoms with Crippen LogP contribution in [0.25, 0.3) is 16.9 Å². The number of aromatic nitrogens is 2. The van der Waals surface area contributed by atoms with Crippen LogP contribution < -0.4 is 0 Å². The molecule has 3 heteroatoms. The first-order valence-electron chi connectivity index (χ1n) is 6.18. The molecule has 2 aromatic carbocycles. The fourth-order valence-electron chi connectivity index (χ4n) is 2.12. The van der Waals surface area contributed by atoms with E-state index in [9.17, 15) is 0 Å². The predicted octanol–water partition coefficient (Wildman–Crippen LogP) is 4.51. The Hall–Kier alpha value is -2.13. The molecule has 0 unspecified atom stereocenters. The summed E-state index contributed by atoms with van der Waals surface area (Å²) in [6.07, 6.45) is 0. The molecule has 0 aliphatic carbocycles. The van der Waals surface area contributed by atoms with Crippen LogP contribution in [0.5, 0.6) is 0 Å². The fraction of sp³-hybridized carbons (Fsp3) is 0.0625. The minimum atomic E-state index is 0.782. The summed E-state index contributed by atoms with van der Waals surface area (Å²) in [5.41, 5.74) is 4.45. The van der Waals surface area contributed by atoms with E-state index in [0.29, 0.717) is 0 Å². The Kier molecular flexibility index (Phi) is 3.05. The van der Waals surface area contributed by atoms with E-state index in [1.807, 2.05) is 41.1 Å². The van der Waals surface area contributed by atoms with Gasteiger partial charge in [-0.3, -0.25) is 5.10 Å². The van der Waals surface area contributed by atoms with Gasteiger partial charge < -0.3 is 0 Å². The van der Waals surface area contributed by atoms with E-state index < -0.39 is 0 Å². The Morgan fingerprint density at radius 2 is 1.74 bits per heavy atom. The Morgan fingerprint density at radius 3 is 2.47 bits per heavy atom. The average Bonchev–Trinajstić information content (AvgIpc) is 2.82. The van der Waals surface area contributed by atoms with Crippen LogP contribution in [0.1, 0.15) is 5.56 Å². The SMILES string of the molecule is Cc1cccc(-n2[nH]c(-c3ccccc3)cc2=S)c1. The normalized spacial score (nSPS) is 10.6. The van der Waals surface area contributed by atoms with Crippen LogP contribution in [0.15, 0.2) is 60.7 Å². The molecule has 94 valence electrons. The monoisotopic (exact) mass is 266 g/mol. The van der Waals surface area contributed by atoms with Crippen LogP contribution in [-0.2, 0) is 0 Å². The zero-order chi connectivity index (χ0) is 13.2. The maximum atomic E-state index is 5.43. The summed E-state index contributed by atoms with van der Waals surface area (Å²) < 4.78 is 2.72. The third-order valence-corrected chi connectivity index (χ3v) is 3.37. The molecule has 0 saturated heterocycles. The second-order valence-electron chi connectivity index (χ2n) is 4.55. The molecule has 0 bridgehead atoms. The molecule has 0 aliphatic heterocycles. The molecule has 0 spiro atoms. The summed E-state index contributed by atoms with van der Waals surface area (Å²) >= 11 is 5.43. The number of nitrogens with one attached hydrogen (secondary N) is 1. The van der Waals surface area contributed by atoms with Gasteiger partial charge in [0, 0.05) is 6.07 Å². The first kappa shape index (κ1) is 11.9. The van der Waals surface area contributed by atoms with Crippen LogP contribution >= 0.6 is 12.2 Å². The number of H-pyrrole nitrogens is 1. The number of benzene rings is 2. The van der Waals surface area contributed by atoms with Gasteiger partial charge in [0.05, 0.1) is 11.4 Å². The standard InChI is InChI=1S/C16H14N2S/c1-12-6-5-9-14(10-12)18-16(19)11-15(17-18)13-7-3-2-4-8-13/h2-11,17H,1H3. The molecule has 3 rings (SSSR count). The molecular weight excluding hydrogens is 252 g/mol. The van der Waals surface area contributed by atoms with Gasteiger partial charge in [-0.2, -0.15) is 0 Å². The van der Waals surface area contributed by atoms with Crippen LogP contribution in [-0.4, -0.2) is 9.78 Å². The minimum Gasteiger partial charge on any atom is -0.292 e. The lowest BCUT2D eigenvalue weighted by Gasteiger charge is -2.04. The first-order chi connectivity index (χ1) is 9.24. The van der Waals surface area contributed by atoms with Crippen molar-refractivity contribution in [3.8, 4) is 16.9 Å². The molecule has 0 radical (unpaired) electrons. The van der Waals surface area contributed by atoms with Crippen LogP contribution in [0.4, 0.5) is 0 Å². The van der Waals surface area contributed by atoms with Crippen LogP contribution in [0, 0.1) is 11.6 Å². The highest BCUT2D eigenvalue weighted by molar-refractivity contribution is 7.71. The maximum absolute atomic E-state index is 5.43. The molecule has 0 aliphatic rings. The number of nitrogens with zero attached hydrogens (tertiary/aromatic N) is 1. The molecule has 0 amide bonds. The van der Waals surface area contributed by atoms with Gasteiger partial charge in [0.2, 0.25) is 0 Å². The Bertz CT molecular complexity index is 754. The van der Waals surface area contributed by atoms with Gasteiger partial charge >= 0.3 is 0 Å². The van der Waals surface area contributed by atoms with E-state index in [1.165, 1.54) is 5.56 Å². The first-order valence-corrected chi connectivity index (χ1v) is 6.59. The van der Waals surface area contributed by atoms with E-state index in [4.69, 9.17) is 12.2 Å². The molecular formula is C16H14N2S. The van der Waals surface area contributed by atoms with E-state index in [0.717, 1.165) is 21.6 Å². The molecule has 2 nitrogen and oxygen atoms in total. The lowest BCUT2D eigenvalue weighted by atomic mass is 10.2. The third kappa shape index (κ3) is 2.37. The molecule has 1 heterocycles. The van der Waals surface area contributed by atoms with E-state index in [-0.39, 0.29) is 0 Å². The summed E-state index contributed by atoms with van der Waals surface area (Å²) in [5.74, 6) is 0. The summed E-state index contributed by atoms with van der Waals surface area (Å²) in [6, 6.07) is 20.5. The largest absolute Gasteiger partial charge is 0.292 e. The van der Waals surface area contributed by atoms with Crippen molar-refractivity contribution in [1.29, 1.82) is 0 Å². The molecule has 0 fully saturated rings. The highest BCUT2D eigenvalue weighted by Crippen LogP contribution is 2.19. The molecule has 0 saturated carbocycles. The second kappa shape index (κ2) is 4.86. The maximum Gasteiger partial charge on any atom is 0.128 e. The molecule has 1 N–H and O–H groups in total. The smallest absolute Gasteiger partial charge is 0.128 e. The number of aryl methyl sites for hydroxylation is 1. The number of hydrogen-bond acceptors (Lipinski definition) is 1. The van der Waals surface area contributed by atoms with Crippen molar-refractivity contribution in [3.63, 3.8) is 0 Å². The lowest BCUT2D eigenvalue weighted by Crippen LogP contribution is -1.96. The van der Waals surface area contributed by atoms with Crippen molar-refractivity contribution in [3.05, 3.63) is 70.9 Å². The van der Waals surface area contributed by atoms with E-state index in [2.05, 4.69) is 36.3 Å². The van der Waals surface area contributed by atoms with E-state index in [1.54, 1.807) is 0 Å². The van der Waals surface area contributed by atoms with Gasteiger partial charge in [0.1, 0.15) is 4.64 Å². The number of aromatic amines is 1. The van der Waals surface area contributed by atoms with Crippen LogP contribution in [0.2, 0.25) is 0 Å². The second-order valence-corrected chi connectivity index (χ2v) is 4.97. The van der Waals surface area contributed by atoms with Crippen LogP contribution in [0.3, 0.4) is 0 Å². The van der Waals surface area contributed by atoms with Crippen molar-refractivity contribution in [1.82, 2.24) is 9.78 Å². The zero-order valence-electron chi connectivity index (χ0n) is 10.6. The van der Waals surface area contributed by atoms with E-state index >= 15 is 0 Å². The van der Waals surface area contributed by atoms with Gasteiger partial charge in [-0.25, -0.2) is 4.68 Å². The Morgan fingerprint density at radius 1 is 0.947 bits per heavy atom. The lowest BCUT2D eigenvalue weighted by molar-refractivity contribution is 0.871. The van der Waals surface area contributed by atoms with Crippen molar-refractivity contribution >= 4 is 12.2 Å². The van der Waals surface area contributed by atoms with Gasteiger partial charge in [-0.05, 0) is 30.2 Å². The van der Waals surface area contributed by atoms with Crippen molar-refractivity contribution in [2.75, 3.05) is 0 Å². The van der Waals surface area contributed by atoms with Gasteiger partial charge in [-0.15, -0.1) is 0 Å². The molecule has 0 atom stereocenters. The summed E-state index contributed by atoms with van der Waals surface area (Å²) in [7, 11) is 0. The number of hydrogen-bond donors (Lipinski definition) is 1. The quantitative estimate of drug-likeness (QED) is 0.677. The summed E-state index contributed by atoms with van der Waals surface area (Å²) in [6.45, 7) is 2.08. The van der Waals surface area contributed by atoms with Gasteiger partial charge in [0.25, 0.3) is 0 Å². The number of rotatable bonds is 2. The van der Waals surface area contributed by atoms with Gasteiger partial charge in [0.15, 0.2) is 0 Å². The third-order valence-electron chi connectivity index (χ3n) is 3.07. The highest BCUT2D eigenvalue weighted by Gasteiger charge is 2.04. The summed E-state index contributed by atoms with van der Waals surface area (Å²) in [5, 5.41) is 3.35. The topological polar surface area (TPSA) is 20.7 Å². The molecule has 3 aromatic rings. The zero-order valence-corrected chi connectivity index (χ0v) is 11.4. The Balaban J connectivity index is 2.10. The molecule has 19 heavy (non-hydrogen) atoms. The fourth-order valence-corrected chi connectivity index (χ4v) is 2.39. The predicted molar refractivity (Wildman–Crippen MR) is 81.1 cm³/mol. The van der Waals surface area contributed by atoms with Gasteiger partial charge in [-0.1, -0.05) is 54.7 Å². The molecule has 1 aromatic heterocycles.